The normalized spacial score (nSPS) is 32.3. The molecule has 2 N–H and O–H groups in total. The van der Waals surface area contributed by atoms with E-state index in [-0.39, 0.29) is 24.5 Å². The van der Waals surface area contributed by atoms with Gasteiger partial charge in [0.2, 0.25) is 5.89 Å². The largest absolute Gasteiger partial charge is 0.337 e. The number of piperazine rings is 1. The summed E-state index contributed by atoms with van der Waals surface area (Å²) in [6, 6.07) is -0.318. The van der Waals surface area contributed by atoms with Crippen molar-refractivity contribution in [1.82, 2.24) is 30.6 Å². The van der Waals surface area contributed by atoms with E-state index in [1.807, 2.05) is 7.05 Å². The lowest BCUT2D eigenvalue weighted by Crippen LogP contribution is -2.49. The van der Waals surface area contributed by atoms with Crippen LogP contribution in [0.25, 0.3) is 0 Å². The number of carbonyl (C=O) groups excluding carboxylic acids is 2. The van der Waals surface area contributed by atoms with Crippen molar-refractivity contribution in [3.8, 4) is 0 Å². The van der Waals surface area contributed by atoms with Gasteiger partial charge in [-0.3, -0.25) is 14.6 Å². The summed E-state index contributed by atoms with van der Waals surface area (Å²) in [5.74, 6) is 1.38. The highest BCUT2D eigenvalue weighted by Crippen LogP contribution is 2.38. The minimum absolute atomic E-state index is 0.0283. The van der Waals surface area contributed by atoms with Crippen LogP contribution in [0.3, 0.4) is 0 Å². The van der Waals surface area contributed by atoms with E-state index in [0.717, 1.165) is 38.9 Å². The maximum Gasteiger partial charge on any atom is 0.325 e. The fraction of sp³-hybridized carbons (Fsp3) is 0.778. The van der Waals surface area contributed by atoms with E-state index in [1.165, 1.54) is 4.90 Å². The van der Waals surface area contributed by atoms with Gasteiger partial charge in [-0.05, 0) is 38.6 Å². The fourth-order valence-electron chi connectivity index (χ4n) is 4.43. The summed E-state index contributed by atoms with van der Waals surface area (Å²) in [5, 5.41) is 10.3. The number of hydrogen-bond acceptors (Lipinski definition) is 7. The van der Waals surface area contributed by atoms with Crippen LogP contribution in [0.1, 0.15) is 56.8 Å². The summed E-state index contributed by atoms with van der Waals surface area (Å²) in [6.07, 6.45) is 4.49. The van der Waals surface area contributed by atoms with Crippen LogP contribution >= 0.6 is 0 Å². The second-order valence-electron chi connectivity index (χ2n) is 8.00. The van der Waals surface area contributed by atoms with Crippen LogP contribution in [0.5, 0.6) is 0 Å². The Bertz CT molecular complexity index is 712. The molecule has 27 heavy (non-hydrogen) atoms. The molecule has 1 aromatic heterocycles. The third kappa shape index (κ3) is 3.34. The second-order valence-corrected chi connectivity index (χ2v) is 8.00. The third-order valence-electron chi connectivity index (χ3n) is 6.37. The van der Waals surface area contributed by atoms with Gasteiger partial charge in [-0.25, -0.2) is 4.79 Å². The van der Waals surface area contributed by atoms with Crippen molar-refractivity contribution in [3.63, 3.8) is 0 Å². The number of amides is 3. The Morgan fingerprint density at radius 2 is 2.07 bits per heavy atom. The Hall–Kier alpha value is -2.00. The highest BCUT2D eigenvalue weighted by Gasteiger charge is 2.52. The number of hydrogen-bond donors (Lipinski definition) is 2. The van der Waals surface area contributed by atoms with Crippen LogP contribution in [-0.2, 0) is 11.3 Å². The van der Waals surface area contributed by atoms with E-state index < -0.39 is 5.54 Å². The van der Waals surface area contributed by atoms with Gasteiger partial charge in [0.1, 0.15) is 12.1 Å². The zero-order chi connectivity index (χ0) is 19.0. The number of imide groups is 1. The molecule has 2 saturated heterocycles. The summed E-state index contributed by atoms with van der Waals surface area (Å²) in [5.41, 5.74) is -0.737. The van der Waals surface area contributed by atoms with Gasteiger partial charge in [-0.15, -0.1) is 0 Å². The summed E-state index contributed by atoms with van der Waals surface area (Å²) in [7, 11) is 2.02. The monoisotopic (exact) mass is 376 g/mol. The molecule has 1 spiro atoms. The molecule has 1 aliphatic carbocycles. The standard InChI is InChI=1S/C18H28N6O3/c1-3-12-4-6-18(7-5-12)16(25)24(17(26)21-18)11-14-20-15(22-27-14)13-10-19-8-9-23(13)2/h12-13,19H,3-11H2,1-2H3,(H,21,26). The maximum absolute atomic E-state index is 13.0. The van der Waals surface area contributed by atoms with Gasteiger partial charge in [-0.1, -0.05) is 18.5 Å². The number of aromatic nitrogens is 2. The number of rotatable bonds is 4. The predicted octanol–water partition coefficient (Wildman–Crippen LogP) is 1.04. The summed E-state index contributed by atoms with van der Waals surface area (Å²) >= 11 is 0. The van der Waals surface area contributed by atoms with E-state index in [9.17, 15) is 9.59 Å². The third-order valence-corrected chi connectivity index (χ3v) is 6.37. The molecular formula is C18H28N6O3. The predicted molar refractivity (Wildman–Crippen MR) is 96.6 cm³/mol. The molecule has 3 aliphatic rings. The van der Waals surface area contributed by atoms with E-state index in [2.05, 4.69) is 32.6 Å². The van der Waals surface area contributed by atoms with Crippen molar-refractivity contribution in [2.75, 3.05) is 26.7 Å². The van der Waals surface area contributed by atoms with Crippen LogP contribution < -0.4 is 10.6 Å². The molecule has 1 saturated carbocycles. The highest BCUT2D eigenvalue weighted by atomic mass is 16.5. The summed E-state index contributed by atoms with van der Waals surface area (Å²) in [4.78, 5) is 33.3. The maximum atomic E-state index is 13.0. The lowest BCUT2D eigenvalue weighted by molar-refractivity contribution is -0.133. The van der Waals surface area contributed by atoms with Gasteiger partial charge in [-0.2, -0.15) is 4.98 Å². The lowest BCUT2D eigenvalue weighted by Gasteiger charge is -2.34. The highest BCUT2D eigenvalue weighted by molar-refractivity contribution is 6.06. The van der Waals surface area contributed by atoms with Crippen molar-refractivity contribution in [2.45, 2.75) is 57.2 Å². The molecule has 0 radical (unpaired) electrons. The van der Waals surface area contributed by atoms with Crippen LogP contribution in [0, 0.1) is 5.92 Å². The van der Waals surface area contributed by atoms with Gasteiger partial charge in [0.25, 0.3) is 5.91 Å². The Morgan fingerprint density at radius 3 is 2.78 bits per heavy atom. The van der Waals surface area contributed by atoms with Crippen molar-refractivity contribution in [1.29, 1.82) is 0 Å². The zero-order valence-electron chi connectivity index (χ0n) is 16.0. The van der Waals surface area contributed by atoms with Gasteiger partial charge in [0.15, 0.2) is 5.82 Å². The Balaban J connectivity index is 1.44. The average Bonchev–Trinajstić information content (AvgIpc) is 3.22. The van der Waals surface area contributed by atoms with Gasteiger partial charge >= 0.3 is 6.03 Å². The smallest absolute Gasteiger partial charge is 0.325 e. The molecule has 0 bridgehead atoms. The zero-order valence-corrected chi connectivity index (χ0v) is 16.0. The number of urea groups is 1. The number of nitrogens with one attached hydrogen (secondary N) is 2. The molecule has 1 aromatic rings. The molecule has 3 heterocycles. The van der Waals surface area contributed by atoms with E-state index >= 15 is 0 Å². The minimum atomic E-state index is -0.737. The topological polar surface area (TPSA) is 104 Å². The van der Waals surface area contributed by atoms with Crippen molar-refractivity contribution in [2.24, 2.45) is 5.92 Å². The van der Waals surface area contributed by atoms with E-state index in [0.29, 0.717) is 30.5 Å². The van der Waals surface area contributed by atoms with E-state index in [4.69, 9.17) is 4.52 Å². The van der Waals surface area contributed by atoms with Gasteiger partial charge < -0.3 is 15.2 Å². The summed E-state index contributed by atoms with van der Waals surface area (Å²) < 4.78 is 5.35. The molecule has 9 nitrogen and oxygen atoms in total. The van der Waals surface area contributed by atoms with Crippen molar-refractivity contribution >= 4 is 11.9 Å². The first kappa shape index (κ1) is 18.4. The Kier molecular flexibility index (Phi) is 4.90. The SMILES string of the molecule is CCC1CCC2(CC1)NC(=O)N(Cc1nc(C3CNCCN3C)no1)C2=O. The molecular weight excluding hydrogens is 348 g/mol. The van der Waals surface area contributed by atoms with Crippen LogP contribution in [0.15, 0.2) is 4.52 Å². The summed E-state index contributed by atoms with van der Waals surface area (Å²) in [6.45, 7) is 4.79. The van der Waals surface area contributed by atoms with Crippen molar-refractivity contribution in [3.05, 3.63) is 11.7 Å². The molecule has 3 amide bonds. The number of likely N-dealkylation sites (N-methyl/N-ethyl adjacent to an activating group) is 1. The molecule has 0 aromatic carbocycles. The quantitative estimate of drug-likeness (QED) is 0.757. The first-order valence-electron chi connectivity index (χ1n) is 9.90. The molecule has 1 unspecified atom stereocenters. The molecule has 4 rings (SSSR count). The lowest BCUT2D eigenvalue weighted by atomic mass is 9.75. The van der Waals surface area contributed by atoms with Gasteiger partial charge in [0.05, 0.1) is 6.04 Å². The number of nitrogens with zero attached hydrogens (tertiary/aromatic N) is 4. The van der Waals surface area contributed by atoms with Crippen LogP contribution in [-0.4, -0.2) is 64.1 Å². The molecule has 3 fully saturated rings. The average molecular weight is 376 g/mol. The molecule has 148 valence electrons. The van der Waals surface area contributed by atoms with Crippen LogP contribution in [0.4, 0.5) is 4.79 Å². The molecule has 2 aliphatic heterocycles. The molecule has 1 atom stereocenters. The molecule has 9 heteroatoms. The van der Waals surface area contributed by atoms with Gasteiger partial charge in [0, 0.05) is 19.6 Å². The fourth-order valence-corrected chi connectivity index (χ4v) is 4.43. The first-order chi connectivity index (χ1) is 13.0. The van der Waals surface area contributed by atoms with Crippen LogP contribution in [0.2, 0.25) is 0 Å². The van der Waals surface area contributed by atoms with Crippen molar-refractivity contribution < 1.29 is 14.1 Å². The first-order valence-corrected chi connectivity index (χ1v) is 9.90. The second kappa shape index (κ2) is 7.20. The Labute approximate surface area is 158 Å². The minimum Gasteiger partial charge on any atom is -0.337 e. The van der Waals surface area contributed by atoms with E-state index in [1.54, 1.807) is 0 Å². The number of carbonyl (C=O) groups is 2. The Morgan fingerprint density at radius 1 is 1.30 bits per heavy atom.